The minimum atomic E-state index is -0.369. The van der Waals surface area contributed by atoms with Gasteiger partial charge in [0.15, 0.2) is 0 Å². The van der Waals surface area contributed by atoms with E-state index in [9.17, 15) is 0 Å². The molecule has 0 fully saturated rings. The second-order valence-corrected chi connectivity index (χ2v) is 5.95. The molecular weight excluding hydrogens is 337 g/mol. The molecule has 2 aromatic heterocycles. The summed E-state index contributed by atoms with van der Waals surface area (Å²) in [7, 11) is 0. The van der Waals surface area contributed by atoms with Crippen molar-refractivity contribution in [1.29, 1.82) is 0 Å². The molecule has 25 heavy (non-hydrogen) atoms. The summed E-state index contributed by atoms with van der Waals surface area (Å²) in [5.41, 5.74) is 1.98. The van der Waals surface area contributed by atoms with Crippen molar-refractivity contribution < 1.29 is 4.39 Å². The largest absolute Gasteiger partial charge is 0.276 e. The zero-order valence-corrected chi connectivity index (χ0v) is 13.9. The van der Waals surface area contributed by atoms with Crippen LogP contribution in [0.2, 0.25) is 5.02 Å². The minimum Gasteiger partial charge on any atom is -0.276 e. The Balaban J connectivity index is 1.90. The third-order valence-corrected chi connectivity index (χ3v) is 4.12. The van der Waals surface area contributed by atoms with E-state index < -0.39 is 0 Å². The fourth-order valence-corrected chi connectivity index (χ4v) is 2.86. The second-order valence-electron chi connectivity index (χ2n) is 5.52. The molecule has 0 unspecified atom stereocenters. The zero-order valence-electron chi connectivity index (χ0n) is 13.1. The highest BCUT2D eigenvalue weighted by Gasteiger charge is 2.15. The lowest BCUT2D eigenvalue weighted by atomic mass is 10.2. The van der Waals surface area contributed by atoms with Gasteiger partial charge in [0.1, 0.15) is 5.83 Å². The van der Waals surface area contributed by atoms with Gasteiger partial charge in [-0.15, -0.1) is 0 Å². The predicted molar refractivity (Wildman–Crippen MR) is 99.3 cm³/mol. The summed E-state index contributed by atoms with van der Waals surface area (Å²) in [6, 6.07) is 18.2. The van der Waals surface area contributed by atoms with Crippen LogP contribution in [-0.4, -0.2) is 14.5 Å². The van der Waals surface area contributed by atoms with E-state index in [1.165, 1.54) is 6.08 Å². The maximum atomic E-state index is 15.1. The Morgan fingerprint density at radius 2 is 1.68 bits per heavy atom. The SMILES string of the molecule is F/C(=C/c1ccc(Cl)cc1)c1cc2ccccc2n1-c1ncccn1. The van der Waals surface area contributed by atoms with Crippen LogP contribution in [-0.2, 0) is 0 Å². The third-order valence-electron chi connectivity index (χ3n) is 3.87. The fraction of sp³-hybridized carbons (Fsp3) is 0. The van der Waals surface area contributed by atoms with Gasteiger partial charge in [-0.2, -0.15) is 0 Å². The Morgan fingerprint density at radius 1 is 0.960 bits per heavy atom. The van der Waals surface area contributed by atoms with Crippen molar-refractivity contribution in [1.82, 2.24) is 14.5 Å². The summed E-state index contributed by atoms with van der Waals surface area (Å²) in [6.07, 6.45) is 4.76. The topological polar surface area (TPSA) is 30.7 Å². The molecule has 0 bridgehead atoms. The van der Waals surface area contributed by atoms with Crippen LogP contribution >= 0.6 is 11.6 Å². The lowest BCUT2D eigenvalue weighted by Crippen LogP contribution is -2.03. The molecule has 2 heterocycles. The highest BCUT2D eigenvalue weighted by atomic mass is 35.5. The quantitative estimate of drug-likeness (QED) is 0.486. The monoisotopic (exact) mass is 349 g/mol. The van der Waals surface area contributed by atoms with Crippen molar-refractivity contribution >= 4 is 34.4 Å². The molecule has 3 nitrogen and oxygen atoms in total. The smallest absolute Gasteiger partial charge is 0.234 e. The molecule has 2 aromatic carbocycles. The van der Waals surface area contributed by atoms with Gasteiger partial charge in [0, 0.05) is 22.8 Å². The highest BCUT2D eigenvalue weighted by molar-refractivity contribution is 6.30. The zero-order chi connectivity index (χ0) is 17.2. The van der Waals surface area contributed by atoms with Crippen molar-refractivity contribution in [3.05, 3.63) is 89.3 Å². The van der Waals surface area contributed by atoms with Gasteiger partial charge in [-0.1, -0.05) is 41.9 Å². The Kier molecular flexibility index (Phi) is 4.04. The van der Waals surface area contributed by atoms with Crippen LogP contribution in [0.15, 0.2) is 73.1 Å². The second kappa shape index (κ2) is 6.49. The van der Waals surface area contributed by atoms with Crippen molar-refractivity contribution in [2.45, 2.75) is 0 Å². The molecule has 5 heteroatoms. The van der Waals surface area contributed by atoms with Crippen molar-refractivity contribution in [2.24, 2.45) is 0 Å². The number of nitrogens with zero attached hydrogens (tertiary/aromatic N) is 3. The molecule has 0 amide bonds. The number of halogens is 2. The number of rotatable bonds is 3. The van der Waals surface area contributed by atoms with Gasteiger partial charge < -0.3 is 0 Å². The molecular formula is C20H13ClFN3. The molecule has 0 aliphatic carbocycles. The Bertz CT molecular complexity index is 1050. The van der Waals surface area contributed by atoms with Crippen LogP contribution < -0.4 is 0 Å². The van der Waals surface area contributed by atoms with Crippen LogP contribution in [0, 0.1) is 0 Å². The Labute approximate surface area is 149 Å². The molecule has 4 rings (SSSR count). The van der Waals surface area contributed by atoms with E-state index in [2.05, 4.69) is 9.97 Å². The van der Waals surface area contributed by atoms with E-state index in [1.807, 2.05) is 24.3 Å². The average molecular weight is 350 g/mol. The maximum Gasteiger partial charge on any atom is 0.234 e. The van der Waals surface area contributed by atoms with Gasteiger partial charge in [0.05, 0.1) is 11.2 Å². The van der Waals surface area contributed by atoms with E-state index in [1.54, 1.807) is 53.4 Å². The van der Waals surface area contributed by atoms with Gasteiger partial charge in [-0.25, -0.2) is 14.4 Å². The first kappa shape index (κ1) is 15.5. The maximum absolute atomic E-state index is 15.1. The number of hydrogen-bond donors (Lipinski definition) is 0. The molecule has 4 aromatic rings. The van der Waals surface area contributed by atoms with Crippen molar-refractivity contribution in [3.63, 3.8) is 0 Å². The molecule has 0 aliphatic rings. The first-order valence-electron chi connectivity index (χ1n) is 7.73. The number of aromatic nitrogens is 3. The summed E-state index contributed by atoms with van der Waals surface area (Å²) in [6.45, 7) is 0. The number of para-hydroxylation sites is 1. The van der Waals surface area contributed by atoms with Gasteiger partial charge in [0.2, 0.25) is 5.95 Å². The molecule has 0 saturated carbocycles. The summed E-state index contributed by atoms with van der Waals surface area (Å²) < 4.78 is 16.8. The normalized spacial score (nSPS) is 11.8. The van der Waals surface area contributed by atoms with Crippen molar-refractivity contribution in [2.75, 3.05) is 0 Å². The van der Waals surface area contributed by atoms with Gasteiger partial charge in [-0.3, -0.25) is 4.57 Å². The molecule has 0 spiro atoms. The van der Waals surface area contributed by atoms with Crippen molar-refractivity contribution in [3.8, 4) is 5.95 Å². The van der Waals surface area contributed by atoms with E-state index in [0.29, 0.717) is 16.7 Å². The van der Waals surface area contributed by atoms with Crippen LogP contribution in [0.4, 0.5) is 4.39 Å². The van der Waals surface area contributed by atoms with E-state index in [-0.39, 0.29) is 5.83 Å². The molecule has 0 atom stereocenters. The van der Waals surface area contributed by atoms with Gasteiger partial charge >= 0.3 is 0 Å². The standard InChI is InChI=1S/C20H13ClFN3/c21-16-8-6-14(7-9-16)12-17(22)19-13-15-4-1-2-5-18(15)25(19)20-23-10-3-11-24-20/h1-13H/b17-12+. The number of benzene rings is 2. The Hall–Kier alpha value is -2.98. The molecule has 122 valence electrons. The lowest BCUT2D eigenvalue weighted by Gasteiger charge is -2.07. The van der Waals surface area contributed by atoms with Gasteiger partial charge in [-0.05, 0) is 42.0 Å². The highest BCUT2D eigenvalue weighted by Crippen LogP contribution is 2.29. The minimum absolute atomic E-state index is 0.369. The third kappa shape index (κ3) is 3.04. The summed E-state index contributed by atoms with van der Waals surface area (Å²) in [4.78, 5) is 8.55. The summed E-state index contributed by atoms with van der Waals surface area (Å²) in [5.74, 6) is 0.0596. The van der Waals surface area contributed by atoms with E-state index in [0.717, 1.165) is 16.5 Å². The molecule has 0 radical (unpaired) electrons. The molecule has 0 saturated heterocycles. The number of fused-ring (bicyclic) bond motifs is 1. The lowest BCUT2D eigenvalue weighted by molar-refractivity contribution is 0.748. The average Bonchev–Trinajstić information content (AvgIpc) is 3.04. The van der Waals surface area contributed by atoms with E-state index >= 15 is 4.39 Å². The number of hydrogen-bond acceptors (Lipinski definition) is 2. The van der Waals surface area contributed by atoms with Crippen LogP contribution in [0.3, 0.4) is 0 Å². The Morgan fingerprint density at radius 3 is 2.44 bits per heavy atom. The van der Waals surface area contributed by atoms with E-state index in [4.69, 9.17) is 11.6 Å². The van der Waals surface area contributed by atoms with Crippen LogP contribution in [0.5, 0.6) is 0 Å². The molecule has 0 aliphatic heterocycles. The van der Waals surface area contributed by atoms with Gasteiger partial charge in [0.25, 0.3) is 0 Å². The van der Waals surface area contributed by atoms with Crippen LogP contribution in [0.25, 0.3) is 28.8 Å². The summed E-state index contributed by atoms with van der Waals surface area (Å²) in [5, 5.41) is 1.54. The van der Waals surface area contributed by atoms with Crippen LogP contribution in [0.1, 0.15) is 11.3 Å². The fourth-order valence-electron chi connectivity index (χ4n) is 2.73. The first-order chi connectivity index (χ1) is 12.2. The predicted octanol–water partition coefficient (Wildman–Crippen LogP) is 5.54. The molecule has 0 N–H and O–H groups in total. The first-order valence-corrected chi connectivity index (χ1v) is 8.11. The summed E-state index contributed by atoms with van der Waals surface area (Å²) >= 11 is 5.89.